The first-order valence-electron chi connectivity index (χ1n) is 14.1. The summed E-state index contributed by atoms with van der Waals surface area (Å²) in [5.74, 6) is 2.80. The minimum absolute atomic E-state index is 0.209. The highest BCUT2D eigenvalue weighted by Gasteiger charge is 2.59. The third-order valence-electron chi connectivity index (χ3n) is 10.4. The molecule has 0 aromatic carbocycles. The molecular formula is C29H48N4O3. The van der Waals surface area contributed by atoms with Gasteiger partial charge in [-0.2, -0.15) is 0 Å². The second-order valence-electron chi connectivity index (χ2n) is 12.7. The fourth-order valence-electron chi connectivity index (χ4n) is 8.26. The average molecular weight is 501 g/mol. The van der Waals surface area contributed by atoms with E-state index in [1.54, 1.807) is 11.9 Å². The molecule has 3 saturated carbocycles. The molecule has 7 heteroatoms. The van der Waals surface area contributed by atoms with E-state index in [1.165, 1.54) is 31.3 Å². The molecule has 0 saturated heterocycles. The van der Waals surface area contributed by atoms with Gasteiger partial charge in [-0.3, -0.25) is 9.63 Å². The zero-order chi connectivity index (χ0) is 26.1. The van der Waals surface area contributed by atoms with E-state index in [-0.39, 0.29) is 10.8 Å². The Morgan fingerprint density at radius 3 is 2.56 bits per heavy atom. The second-order valence-corrected chi connectivity index (χ2v) is 12.7. The SMILES string of the molecule is C/C(=N\OC(=O)N(C)CCNCCN(C)C)[C@H]1CC[C@H]2[C@@H]3CCC4=CC(=O)CC[C@]4(C)[C@H]3CC[C@]12C. The van der Waals surface area contributed by atoms with Crippen molar-refractivity contribution < 1.29 is 14.4 Å². The summed E-state index contributed by atoms with van der Waals surface area (Å²) in [5.41, 5.74) is 2.82. The lowest BCUT2D eigenvalue weighted by atomic mass is 9.46. The van der Waals surface area contributed by atoms with Crippen LogP contribution in [0.2, 0.25) is 0 Å². The number of nitrogens with zero attached hydrogens (tertiary/aromatic N) is 3. The Bertz CT molecular complexity index is 899. The number of fused-ring (bicyclic) bond motifs is 5. The topological polar surface area (TPSA) is 74.2 Å². The predicted molar refractivity (Wildman–Crippen MR) is 144 cm³/mol. The Labute approximate surface area is 218 Å². The van der Waals surface area contributed by atoms with Crippen LogP contribution in [0.3, 0.4) is 0 Å². The van der Waals surface area contributed by atoms with Gasteiger partial charge in [-0.05, 0) is 101 Å². The van der Waals surface area contributed by atoms with Gasteiger partial charge in [0.05, 0.1) is 5.71 Å². The molecule has 4 rings (SSSR count). The summed E-state index contributed by atoms with van der Waals surface area (Å²) in [5, 5.41) is 7.72. The fourth-order valence-corrected chi connectivity index (χ4v) is 8.26. The monoisotopic (exact) mass is 500 g/mol. The van der Waals surface area contributed by atoms with Gasteiger partial charge in [0.2, 0.25) is 0 Å². The number of carbonyl (C=O) groups excluding carboxylic acids is 2. The number of rotatable bonds is 8. The highest BCUT2D eigenvalue weighted by Crippen LogP contribution is 2.66. The molecule has 36 heavy (non-hydrogen) atoms. The van der Waals surface area contributed by atoms with Crippen LogP contribution in [0, 0.1) is 34.5 Å². The summed E-state index contributed by atoms with van der Waals surface area (Å²) in [4.78, 5) is 33.7. The molecule has 0 bridgehead atoms. The van der Waals surface area contributed by atoms with Gasteiger partial charge in [0.25, 0.3) is 0 Å². The molecule has 7 nitrogen and oxygen atoms in total. The number of hydrogen-bond donors (Lipinski definition) is 1. The van der Waals surface area contributed by atoms with E-state index in [0.717, 1.165) is 50.5 Å². The van der Waals surface area contributed by atoms with Gasteiger partial charge in [0.15, 0.2) is 5.78 Å². The third kappa shape index (κ3) is 5.28. The van der Waals surface area contributed by atoms with Gasteiger partial charge in [0, 0.05) is 45.6 Å². The summed E-state index contributed by atoms with van der Waals surface area (Å²) in [7, 11) is 5.86. The smallest absolute Gasteiger partial charge is 0.314 e. The Morgan fingerprint density at radius 2 is 1.81 bits per heavy atom. The van der Waals surface area contributed by atoms with Crippen molar-refractivity contribution >= 4 is 17.6 Å². The Hall–Kier alpha value is -1.73. The minimum Gasteiger partial charge on any atom is -0.314 e. The van der Waals surface area contributed by atoms with E-state index >= 15 is 0 Å². The molecule has 0 unspecified atom stereocenters. The first-order valence-corrected chi connectivity index (χ1v) is 14.1. The maximum absolute atomic E-state index is 12.5. The summed E-state index contributed by atoms with van der Waals surface area (Å²) >= 11 is 0. The van der Waals surface area contributed by atoms with Crippen LogP contribution in [0.5, 0.6) is 0 Å². The van der Waals surface area contributed by atoms with Crippen LogP contribution in [0.4, 0.5) is 4.79 Å². The highest BCUT2D eigenvalue weighted by atomic mass is 16.7. The largest absolute Gasteiger partial charge is 0.435 e. The zero-order valence-corrected chi connectivity index (χ0v) is 23.4. The number of carbonyl (C=O) groups is 2. The molecule has 4 aliphatic rings. The van der Waals surface area contributed by atoms with Crippen LogP contribution in [0.1, 0.15) is 72.1 Å². The number of likely N-dealkylation sites (N-methyl/N-ethyl adjacent to an activating group) is 2. The number of ketones is 1. The summed E-state index contributed by atoms with van der Waals surface area (Å²) in [6.45, 7) is 10.2. The molecule has 6 atom stereocenters. The number of hydrogen-bond acceptors (Lipinski definition) is 6. The first kappa shape index (κ1) is 27.3. The third-order valence-corrected chi connectivity index (χ3v) is 10.4. The molecule has 0 spiro atoms. The molecule has 3 fully saturated rings. The van der Waals surface area contributed by atoms with E-state index in [1.807, 2.05) is 20.2 Å². The van der Waals surface area contributed by atoms with Crippen molar-refractivity contribution in [3.63, 3.8) is 0 Å². The standard InChI is InChI=1S/C29H48N4O3/c1-20(31-36-27(35)33(6)18-16-30-15-17-32(4)5)24-9-10-25-23-8-7-21-19-22(34)11-13-28(21,2)26(23)12-14-29(24,25)3/h19,23-26,30H,7-18H2,1-6H3/b31-20+/t23-,24+,25-,26-,28-,29+/m0/s1. The lowest BCUT2D eigenvalue weighted by Gasteiger charge is -2.58. The first-order chi connectivity index (χ1) is 17.1. The quantitative estimate of drug-likeness (QED) is 0.226. The van der Waals surface area contributed by atoms with Crippen LogP contribution in [0.15, 0.2) is 16.8 Å². The van der Waals surface area contributed by atoms with Crippen molar-refractivity contribution in [1.82, 2.24) is 15.1 Å². The van der Waals surface area contributed by atoms with Crippen molar-refractivity contribution in [3.05, 3.63) is 11.6 Å². The van der Waals surface area contributed by atoms with Gasteiger partial charge in [-0.1, -0.05) is 24.6 Å². The molecule has 202 valence electrons. The minimum atomic E-state index is -0.390. The summed E-state index contributed by atoms with van der Waals surface area (Å²) in [6, 6.07) is 0. The van der Waals surface area contributed by atoms with Gasteiger partial charge in [0.1, 0.15) is 0 Å². The molecule has 0 heterocycles. The number of allylic oxidation sites excluding steroid dienone is 1. The molecule has 4 aliphatic carbocycles. The predicted octanol–water partition coefficient (Wildman–Crippen LogP) is 4.73. The van der Waals surface area contributed by atoms with Gasteiger partial charge in [-0.15, -0.1) is 0 Å². The van der Waals surface area contributed by atoms with Gasteiger partial charge >= 0.3 is 6.09 Å². The zero-order valence-electron chi connectivity index (χ0n) is 23.4. The molecule has 0 aromatic rings. The van der Waals surface area contributed by atoms with Gasteiger partial charge < -0.3 is 15.1 Å². The molecular weight excluding hydrogens is 452 g/mol. The van der Waals surface area contributed by atoms with Crippen molar-refractivity contribution in [2.75, 3.05) is 47.3 Å². The van der Waals surface area contributed by atoms with E-state index in [9.17, 15) is 9.59 Å². The molecule has 0 aromatic heterocycles. The maximum Gasteiger partial charge on any atom is 0.435 e. The Morgan fingerprint density at radius 1 is 1.06 bits per heavy atom. The fraction of sp³-hybridized carbons (Fsp3) is 0.828. The van der Waals surface area contributed by atoms with Crippen molar-refractivity contribution in [3.8, 4) is 0 Å². The van der Waals surface area contributed by atoms with E-state index < -0.39 is 6.09 Å². The lowest BCUT2D eigenvalue weighted by Crippen LogP contribution is -2.51. The van der Waals surface area contributed by atoms with Crippen LogP contribution in [0.25, 0.3) is 0 Å². The van der Waals surface area contributed by atoms with Crippen LogP contribution in [-0.2, 0) is 9.63 Å². The van der Waals surface area contributed by atoms with E-state index in [0.29, 0.717) is 36.5 Å². The molecule has 0 radical (unpaired) electrons. The average Bonchev–Trinajstić information content (AvgIpc) is 3.19. The van der Waals surface area contributed by atoms with Crippen molar-refractivity contribution in [2.45, 2.75) is 72.1 Å². The maximum atomic E-state index is 12.5. The van der Waals surface area contributed by atoms with Crippen LogP contribution < -0.4 is 5.32 Å². The van der Waals surface area contributed by atoms with Crippen molar-refractivity contribution in [2.24, 2.45) is 39.7 Å². The molecule has 0 aliphatic heterocycles. The lowest BCUT2D eigenvalue weighted by molar-refractivity contribution is -0.117. The number of oxime groups is 1. The van der Waals surface area contributed by atoms with Crippen molar-refractivity contribution in [1.29, 1.82) is 0 Å². The van der Waals surface area contributed by atoms with Crippen LogP contribution >= 0.6 is 0 Å². The molecule has 1 amide bonds. The Balaban J connectivity index is 1.34. The molecule has 1 N–H and O–H groups in total. The van der Waals surface area contributed by atoms with E-state index in [4.69, 9.17) is 4.84 Å². The number of nitrogens with one attached hydrogen (secondary N) is 1. The number of amides is 1. The normalized spacial score (nSPS) is 36.1. The second kappa shape index (κ2) is 10.9. The van der Waals surface area contributed by atoms with Gasteiger partial charge in [-0.25, -0.2) is 4.79 Å². The van der Waals surface area contributed by atoms with Crippen LogP contribution in [-0.4, -0.2) is 74.7 Å². The summed E-state index contributed by atoms with van der Waals surface area (Å²) < 4.78 is 0. The summed E-state index contributed by atoms with van der Waals surface area (Å²) in [6.07, 6.45) is 10.4. The highest BCUT2D eigenvalue weighted by molar-refractivity contribution is 5.91. The van der Waals surface area contributed by atoms with E-state index in [2.05, 4.69) is 36.1 Å². The Kier molecular flexibility index (Phi) is 8.30.